The number of unbranched alkanes of at least 4 members (excludes halogenated alkanes) is 1. The highest BCUT2D eigenvalue weighted by Gasteiger charge is 2.35. The Morgan fingerprint density at radius 3 is 2.13 bits per heavy atom. The van der Waals surface area contributed by atoms with Gasteiger partial charge in [0.15, 0.2) is 0 Å². The molecule has 0 aliphatic carbocycles. The fourth-order valence-corrected chi connectivity index (χ4v) is 6.69. The van der Waals surface area contributed by atoms with E-state index in [-0.39, 0.29) is 23.8 Å². The van der Waals surface area contributed by atoms with Gasteiger partial charge in [-0.3, -0.25) is 13.9 Å². The standard InChI is InChI=1S/C36H40ClN3O4S/c1-4-5-22-38-36(42)34(24-29-12-8-6-9-13-29)39(25-30-18-20-31(37)21-19-30)35(41)26-40(33-23-27(2)16-17-28(33)3)45(43,44)32-14-10-7-11-15-32/h6-21,23,34H,4-5,22,24-26H2,1-3H3,(H,38,42). The van der Waals surface area contributed by atoms with Crippen molar-refractivity contribution < 1.29 is 18.0 Å². The normalized spacial score (nSPS) is 11.9. The van der Waals surface area contributed by atoms with Crippen molar-refractivity contribution in [1.29, 1.82) is 0 Å². The molecule has 4 rings (SSSR count). The van der Waals surface area contributed by atoms with Crippen LogP contribution < -0.4 is 9.62 Å². The van der Waals surface area contributed by atoms with Crippen LogP contribution in [0, 0.1) is 13.8 Å². The Morgan fingerprint density at radius 1 is 0.844 bits per heavy atom. The van der Waals surface area contributed by atoms with Crippen LogP contribution in [0.15, 0.2) is 108 Å². The first-order chi connectivity index (χ1) is 21.6. The maximum absolute atomic E-state index is 14.6. The van der Waals surface area contributed by atoms with Gasteiger partial charge in [0.05, 0.1) is 10.6 Å². The summed E-state index contributed by atoms with van der Waals surface area (Å²) < 4.78 is 29.5. The molecule has 1 N–H and O–H groups in total. The number of amides is 2. The predicted molar refractivity (Wildman–Crippen MR) is 181 cm³/mol. The number of aryl methyl sites for hydroxylation is 2. The van der Waals surface area contributed by atoms with Crippen LogP contribution in [0.25, 0.3) is 0 Å². The lowest BCUT2D eigenvalue weighted by atomic mass is 10.0. The molecule has 1 unspecified atom stereocenters. The van der Waals surface area contributed by atoms with Gasteiger partial charge in [0, 0.05) is 24.5 Å². The fourth-order valence-electron chi connectivity index (χ4n) is 5.07. The third kappa shape index (κ3) is 8.96. The quantitative estimate of drug-likeness (QED) is 0.155. The van der Waals surface area contributed by atoms with Crippen LogP contribution in [-0.4, -0.2) is 44.3 Å². The minimum absolute atomic E-state index is 0.0705. The van der Waals surface area contributed by atoms with Gasteiger partial charge in [0.1, 0.15) is 12.6 Å². The molecule has 0 saturated carbocycles. The first-order valence-corrected chi connectivity index (χ1v) is 16.9. The Bertz CT molecular complexity index is 1680. The van der Waals surface area contributed by atoms with E-state index in [1.807, 2.05) is 63.2 Å². The van der Waals surface area contributed by atoms with Crippen molar-refractivity contribution in [3.8, 4) is 0 Å². The topological polar surface area (TPSA) is 86.8 Å². The maximum Gasteiger partial charge on any atom is 0.264 e. The van der Waals surface area contributed by atoms with Gasteiger partial charge >= 0.3 is 0 Å². The second-order valence-electron chi connectivity index (χ2n) is 11.1. The Kier molecular flexibility index (Phi) is 11.8. The molecule has 1 atom stereocenters. The fraction of sp³-hybridized carbons (Fsp3) is 0.278. The van der Waals surface area contributed by atoms with Crippen molar-refractivity contribution in [2.75, 3.05) is 17.4 Å². The monoisotopic (exact) mass is 645 g/mol. The number of sulfonamides is 1. The number of nitrogens with one attached hydrogen (secondary N) is 1. The molecule has 0 aromatic heterocycles. The Balaban J connectivity index is 1.81. The van der Waals surface area contributed by atoms with Gasteiger partial charge in [-0.15, -0.1) is 0 Å². The molecule has 2 amide bonds. The highest BCUT2D eigenvalue weighted by atomic mass is 35.5. The minimum atomic E-state index is -4.16. The summed E-state index contributed by atoms with van der Waals surface area (Å²) >= 11 is 6.16. The molecule has 9 heteroatoms. The van der Waals surface area contributed by atoms with Crippen molar-refractivity contribution in [2.45, 2.75) is 57.5 Å². The van der Waals surface area contributed by atoms with E-state index < -0.39 is 28.5 Å². The van der Waals surface area contributed by atoms with Gasteiger partial charge in [0.2, 0.25) is 11.8 Å². The van der Waals surface area contributed by atoms with Gasteiger partial charge in [-0.2, -0.15) is 0 Å². The zero-order valence-electron chi connectivity index (χ0n) is 25.9. The largest absolute Gasteiger partial charge is 0.354 e. The van der Waals surface area contributed by atoms with Crippen LogP contribution in [-0.2, 0) is 32.6 Å². The highest BCUT2D eigenvalue weighted by Crippen LogP contribution is 2.29. The Morgan fingerprint density at radius 2 is 1.49 bits per heavy atom. The van der Waals surface area contributed by atoms with Crippen LogP contribution in [0.4, 0.5) is 5.69 Å². The van der Waals surface area contributed by atoms with Crippen LogP contribution >= 0.6 is 11.6 Å². The summed E-state index contributed by atoms with van der Waals surface area (Å²) in [6.45, 7) is 5.79. The molecule has 0 saturated heterocycles. The number of carbonyl (C=O) groups is 2. The molecular formula is C36H40ClN3O4S. The molecule has 0 aliphatic rings. The molecule has 0 spiro atoms. The number of halogens is 1. The zero-order chi connectivity index (χ0) is 32.4. The van der Waals surface area contributed by atoms with Gasteiger partial charge in [-0.1, -0.05) is 97.7 Å². The lowest BCUT2D eigenvalue weighted by molar-refractivity contribution is -0.140. The lowest BCUT2D eigenvalue weighted by Crippen LogP contribution is -2.53. The van der Waals surface area contributed by atoms with Crippen molar-refractivity contribution in [3.63, 3.8) is 0 Å². The van der Waals surface area contributed by atoms with Crippen LogP contribution in [0.1, 0.15) is 42.0 Å². The smallest absolute Gasteiger partial charge is 0.264 e. The molecule has 0 radical (unpaired) electrons. The number of anilines is 1. The first-order valence-electron chi connectivity index (χ1n) is 15.1. The molecule has 0 fully saturated rings. The number of rotatable bonds is 14. The third-order valence-electron chi connectivity index (χ3n) is 7.61. The molecular weight excluding hydrogens is 606 g/mol. The molecule has 4 aromatic rings. The van der Waals surface area contributed by atoms with Crippen molar-refractivity contribution >= 4 is 39.1 Å². The SMILES string of the molecule is CCCCNC(=O)C(Cc1ccccc1)N(Cc1ccc(Cl)cc1)C(=O)CN(c1cc(C)ccc1C)S(=O)(=O)c1ccccc1. The Labute approximate surface area is 271 Å². The summed E-state index contributed by atoms with van der Waals surface area (Å²) in [4.78, 5) is 29.9. The summed E-state index contributed by atoms with van der Waals surface area (Å²) in [5.41, 5.74) is 3.61. The first kappa shape index (κ1) is 33.7. The number of carbonyl (C=O) groups excluding carboxylic acids is 2. The summed E-state index contributed by atoms with van der Waals surface area (Å²) in [6, 6.07) is 29.3. The molecule has 0 aliphatic heterocycles. The molecule has 45 heavy (non-hydrogen) atoms. The average molecular weight is 646 g/mol. The summed E-state index contributed by atoms with van der Waals surface area (Å²) in [5, 5.41) is 3.55. The molecule has 0 heterocycles. The maximum atomic E-state index is 14.6. The van der Waals surface area contributed by atoms with Crippen LogP contribution in [0.2, 0.25) is 5.02 Å². The number of hydrogen-bond acceptors (Lipinski definition) is 4. The molecule has 4 aromatic carbocycles. The Hall–Kier alpha value is -4.14. The van der Waals surface area contributed by atoms with E-state index in [2.05, 4.69) is 5.32 Å². The van der Waals surface area contributed by atoms with Gasteiger partial charge < -0.3 is 10.2 Å². The number of hydrogen-bond donors (Lipinski definition) is 1. The molecule has 7 nitrogen and oxygen atoms in total. The average Bonchev–Trinajstić information content (AvgIpc) is 3.04. The second kappa shape index (κ2) is 15.7. The lowest BCUT2D eigenvalue weighted by Gasteiger charge is -2.34. The van der Waals surface area contributed by atoms with E-state index in [1.54, 1.807) is 48.5 Å². The summed E-state index contributed by atoms with van der Waals surface area (Å²) in [5.74, 6) is -0.796. The molecule has 0 bridgehead atoms. The van der Waals surface area contributed by atoms with Crippen molar-refractivity contribution in [3.05, 3.63) is 130 Å². The third-order valence-corrected chi connectivity index (χ3v) is 9.64. The van der Waals surface area contributed by atoms with E-state index >= 15 is 0 Å². The minimum Gasteiger partial charge on any atom is -0.354 e. The zero-order valence-corrected chi connectivity index (χ0v) is 27.5. The van der Waals surface area contributed by atoms with Crippen molar-refractivity contribution in [1.82, 2.24) is 10.2 Å². The van der Waals surface area contributed by atoms with Crippen molar-refractivity contribution in [2.24, 2.45) is 0 Å². The van der Waals surface area contributed by atoms with E-state index in [0.29, 0.717) is 22.8 Å². The van der Waals surface area contributed by atoms with Crippen LogP contribution in [0.5, 0.6) is 0 Å². The highest BCUT2D eigenvalue weighted by molar-refractivity contribution is 7.92. The second-order valence-corrected chi connectivity index (χ2v) is 13.4. The molecule has 236 valence electrons. The van der Waals surface area contributed by atoms with Gasteiger partial charge in [0.25, 0.3) is 10.0 Å². The van der Waals surface area contributed by atoms with E-state index in [1.165, 1.54) is 17.0 Å². The number of benzene rings is 4. The van der Waals surface area contributed by atoms with Gasteiger partial charge in [-0.05, 0) is 72.9 Å². The summed E-state index contributed by atoms with van der Waals surface area (Å²) in [6.07, 6.45) is 1.96. The van der Waals surface area contributed by atoms with Gasteiger partial charge in [-0.25, -0.2) is 8.42 Å². The van der Waals surface area contributed by atoms with E-state index in [4.69, 9.17) is 11.6 Å². The van der Waals surface area contributed by atoms with E-state index in [0.717, 1.165) is 33.8 Å². The number of nitrogens with zero attached hydrogens (tertiary/aromatic N) is 2. The predicted octanol–water partition coefficient (Wildman–Crippen LogP) is 6.71. The van der Waals surface area contributed by atoms with E-state index in [9.17, 15) is 18.0 Å². The van der Waals surface area contributed by atoms with Crippen LogP contribution in [0.3, 0.4) is 0 Å². The summed E-state index contributed by atoms with van der Waals surface area (Å²) in [7, 11) is -4.16.